The average molecular weight is 941 g/mol. The van der Waals surface area contributed by atoms with Crippen LogP contribution >= 0.6 is 0 Å². The zero-order valence-electron chi connectivity index (χ0n) is 45.7. The van der Waals surface area contributed by atoms with Gasteiger partial charge in [0.1, 0.15) is 0 Å². The summed E-state index contributed by atoms with van der Waals surface area (Å²) in [5.41, 5.74) is 0. The Labute approximate surface area is 421 Å². The normalized spacial score (nSPS) is 13.0. The molecule has 0 aliphatic carbocycles. The first-order valence-electron chi connectivity index (χ1n) is 30.7. The Kier molecular flexibility index (Phi) is 57.7. The molecule has 0 spiro atoms. The van der Waals surface area contributed by atoms with Gasteiger partial charge in [-0.15, -0.1) is 0 Å². The molecule has 4 heteroatoms. The van der Waals surface area contributed by atoms with E-state index < -0.39 is 12.1 Å². The number of carbonyl (C=O) groups is 1. The number of amides is 1. The van der Waals surface area contributed by atoms with Gasteiger partial charge in [-0.1, -0.05) is 314 Å². The van der Waals surface area contributed by atoms with Crippen molar-refractivity contribution in [2.24, 2.45) is 0 Å². The predicted octanol–water partition coefficient (Wildman–Crippen LogP) is 20.4. The van der Waals surface area contributed by atoms with Crippen molar-refractivity contribution in [1.82, 2.24) is 5.32 Å². The largest absolute Gasteiger partial charge is 0.394 e. The number of hydrogen-bond acceptors (Lipinski definition) is 3. The van der Waals surface area contributed by atoms with Gasteiger partial charge >= 0.3 is 0 Å². The fraction of sp³-hybridized carbons (Fsp3) is 0.889. The number of aliphatic hydroxyl groups excluding tert-OH is 2. The van der Waals surface area contributed by atoms with Crippen LogP contribution in [0.1, 0.15) is 341 Å². The number of unbranched alkanes of at least 4 members (excludes halogenated alkanes) is 46. The summed E-state index contributed by atoms with van der Waals surface area (Å²) in [5, 5.41) is 23.2. The van der Waals surface area contributed by atoms with Crippen LogP contribution in [-0.2, 0) is 4.79 Å². The minimum atomic E-state index is -0.863. The summed E-state index contributed by atoms with van der Waals surface area (Å²) in [6.07, 6.45) is 80.5. The molecule has 0 aromatic heterocycles. The maximum atomic E-state index is 12.5. The molecule has 0 aliphatic rings. The summed E-state index contributed by atoms with van der Waals surface area (Å²) >= 11 is 0. The van der Waals surface area contributed by atoms with Crippen LogP contribution in [0.3, 0.4) is 0 Å². The standard InChI is InChI=1S/C63H121NO3/c1-3-5-7-9-11-13-15-17-19-21-23-25-27-29-30-31-32-33-35-36-38-40-42-44-46-48-50-52-54-56-58-62(66)61(60-65)64-63(67)59-57-55-53-51-49-47-45-43-41-39-37-34-28-26-24-22-20-18-16-14-12-10-8-6-4-2/h22,24,48,50,56,58,61-62,65-66H,3-21,23,25-47,49,51-55,57,59-60H2,1-2H3,(H,64,67)/b24-22-,50-48+,58-56+. The summed E-state index contributed by atoms with van der Waals surface area (Å²) in [7, 11) is 0. The van der Waals surface area contributed by atoms with Crippen LogP contribution in [0.5, 0.6) is 0 Å². The fourth-order valence-electron chi connectivity index (χ4n) is 9.66. The molecule has 2 atom stereocenters. The van der Waals surface area contributed by atoms with Gasteiger partial charge in [0.2, 0.25) is 5.91 Å². The maximum absolute atomic E-state index is 12.5. The molecular weight excluding hydrogens is 819 g/mol. The van der Waals surface area contributed by atoms with Gasteiger partial charge in [-0.2, -0.15) is 0 Å². The number of allylic oxidation sites excluding steroid dienone is 5. The van der Waals surface area contributed by atoms with Crippen molar-refractivity contribution in [2.75, 3.05) is 6.61 Å². The molecule has 0 saturated carbocycles. The lowest BCUT2D eigenvalue weighted by atomic mass is 10.0. The predicted molar refractivity (Wildman–Crippen MR) is 299 cm³/mol. The van der Waals surface area contributed by atoms with Gasteiger partial charge < -0.3 is 15.5 Å². The SMILES string of the molecule is CCCCCCCCCC/C=C\CCCCCCCCCCCCCCCC(=O)NC(CO)C(O)/C=C/CC/C=C/CCCCCCCCCCCCCCCCCCCCCCCCCC. The molecule has 0 aromatic rings. The topological polar surface area (TPSA) is 69.6 Å². The Morgan fingerprint density at radius 3 is 0.866 bits per heavy atom. The minimum absolute atomic E-state index is 0.0688. The van der Waals surface area contributed by atoms with Crippen LogP contribution in [0.15, 0.2) is 36.5 Å². The first kappa shape index (κ1) is 65.6. The third-order valence-electron chi connectivity index (χ3n) is 14.3. The van der Waals surface area contributed by atoms with Gasteiger partial charge in [0.05, 0.1) is 18.8 Å². The third-order valence-corrected chi connectivity index (χ3v) is 14.3. The highest BCUT2D eigenvalue weighted by molar-refractivity contribution is 5.76. The second-order valence-electron chi connectivity index (χ2n) is 21.1. The van der Waals surface area contributed by atoms with Crippen LogP contribution in [0.2, 0.25) is 0 Å². The average Bonchev–Trinajstić information content (AvgIpc) is 3.33. The second kappa shape index (κ2) is 58.9. The van der Waals surface area contributed by atoms with Crippen LogP contribution in [0.4, 0.5) is 0 Å². The molecule has 2 unspecified atom stereocenters. The van der Waals surface area contributed by atoms with Gasteiger partial charge in [-0.05, 0) is 57.8 Å². The van der Waals surface area contributed by atoms with Crippen LogP contribution in [0, 0.1) is 0 Å². The Morgan fingerprint density at radius 1 is 0.343 bits per heavy atom. The molecule has 0 saturated heterocycles. The van der Waals surface area contributed by atoms with Crippen molar-refractivity contribution in [2.45, 2.75) is 353 Å². The number of carbonyl (C=O) groups excluding carboxylic acids is 1. The lowest BCUT2D eigenvalue weighted by Crippen LogP contribution is -2.45. The van der Waals surface area contributed by atoms with Crippen molar-refractivity contribution in [3.63, 3.8) is 0 Å². The van der Waals surface area contributed by atoms with Crippen LogP contribution in [0.25, 0.3) is 0 Å². The number of rotatable bonds is 57. The molecule has 0 bridgehead atoms. The Bertz CT molecular complexity index is 1020. The van der Waals surface area contributed by atoms with E-state index in [0.717, 1.165) is 32.1 Å². The van der Waals surface area contributed by atoms with E-state index >= 15 is 0 Å². The van der Waals surface area contributed by atoms with Gasteiger partial charge in [-0.25, -0.2) is 0 Å². The molecule has 0 radical (unpaired) electrons. The van der Waals surface area contributed by atoms with E-state index in [9.17, 15) is 15.0 Å². The summed E-state index contributed by atoms with van der Waals surface area (Å²) < 4.78 is 0. The van der Waals surface area contributed by atoms with Gasteiger partial charge in [-0.3, -0.25) is 4.79 Å². The Morgan fingerprint density at radius 2 is 0.582 bits per heavy atom. The molecule has 1 amide bonds. The van der Waals surface area contributed by atoms with Crippen LogP contribution < -0.4 is 5.32 Å². The van der Waals surface area contributed by atoms with Crippen molar-refractivity contribution in [3.05, 3.63) is 36.5 Å². The number of hydrogen-bond donors (Lipinski definition) is 3. The van der Waals surface area contributed by atoms with Crippen molar-refractivity contribution in [3.8, 4) is 0 Å². The van der Waals surface area contributed by atoms with E-state index in [-0.39, 0.29) is 12.5 Å². The highest BCUT2D eigenvalue weighted by atomic mass is 16.3. The summed E-state index contributed by atoms with van der Waals surface area (Å²) in [6.45, 7) is 4.34. The molecule has 0 fully saturated rings. The van der Waals surface area contributed by atoms with E-state index in [4.69, 9.17) is 0 Å². The van der Waals surface area contributed by atoms with E-state index in [1.54, 1.807) is 6.08 Å². The minimum Gasteiger partial charge on any atom is -0.394 e. The third kappa shape index (κ3) is 55.4. The van der Waals surface area contributed by atoms with Crippen molar-refractivity contribution in [1.29, 1.82) is 0 Å². The van der Waals surface area contributed by atoms with E-state index in [2.05, 4.69) is 43.5 Å². The summed E-state index contributed by atoms with van der Waals surface area (Å²) in [6, 6.07) is -0.640. The smallest absolute Gasteiger partial charge is 0.220 e. The zero-order valence-corrected chi connectivity index (χ0v) is 45.7. The fourth-order valence-corrected chi connectivity index (χ4v) is 9.66. The monoisotopic (exact) mass is 940 g/mol. The van der Waals surface area contributed by atoms with Crippen LogP contribution in [-0.4, -0.2) is 34.9 Å². The van der Waals surface area contributed by atoms with Gasteiger partial charge in [0.15, 0.2) is 0 Å². The summed E-state index contributed by atoms with van der Waals surface area (Å²) in [4.78, 5) is 12.5. The molecular formula is C63H121NO3. The van der Waals surface area contributed by atoms with Gasteiger partial charge in [0, 0.05) is 6.42 Å². The molecule has 0 rings (SSSR count). The first-order valence-corrected chi connectivity index (χ1v) is 30.7. The molecule has 396 valence electrons. The van der Waals surface area contributed by atoms with E-state index in [1.807, 2.05) is 6.08 Å². The molecule has 4 nitrogen and oxygen atoms in total. The Hall–Kier alpha value is -1.39. The summed E-state index contributed by atoms with van der Waals surface area (Å²) in [5.74, 6) is -0.0688. The zero-order chi connectivity index (χ0) is 48.5. The van der Waals surface area contributed by atoms with Crippen molar-refractivity contribution < 1.29 is 15.0 Å². The molecule has 67 heavy (non-hydrogen) atoms. The number of nitrogens with one attached hydrogen (secondary N) is 1. The molecule has 3 N–H and O–H groups in total. The maximum Gasteiger partial charge on any atom is 0.220 e. The first-order chi connectivity index (χ1) is 33.2. The van der Waals surface area contributed by atoms with Crippen molar-refractivity contribution >= 4 is 5.91 Å². The molecule has 0 heterocycles. The Balaban J connectivity index is 3.48. The van der Waals surface area contributed by atoms with E-state index in [0.29, 0.717) is 6.42 Å². The highest BCUT2D eigenvalue weighted by Gasteiger charge is 2.18. The van der Waals surface area contributed by atoms with Gasteiger partial charge in [0.25, 0.3) is 0 Å². The number of aliphatic hydroxyl groups is 2. The lowest BCUT2D eigenvalue weighted by Gasteiger charge is -2.19. The highest BCUT2D eigenvalue weighted by Crippen LogP contribution is 2.18. The van der Waals surface area contributed by atoms with E-state index in [1.165, 1.54) is 289 Å². The molecule has 0 aliphatic heterocycles. The quantitative estimate of drug-likeness (QED) is 0.0420. The molecule has 0 aromatic carbocycles. The lowest BCUT2D eigenvalue weighted by molar-refractivity contribution is -0.123. The second-order valence-corrected chi connectivity index (χ2v) is 21.1.